The highest BCUT2D eigenvalue weighted by Crippen LogP contribution is 2.18. The minimum Gasteiger partial charge on any atom is -0.387 e. The number of amidine groups is 1. The highest BCUT2D eigenvalue weighted by Gasteiger charge is 2.11. The topological polar surface area (TPSA) is 38.4 Å². The maximum absolute atomic E-state index is 5.83. The van der Waals surface area contributed by atoms with Crippen molar-refractivity contribution in [1.82, 2.24) is 0 Å². The van der Waals surface area contributed by atoms with Crippen molar-refractivity contribution in [2.75, 3.05) is 0 Å². The van der Waals surface area contributed by atoms with Crippen LogP contribution in [0.2, 0.25) is 0 Å². The van der Waals surface area contributed by atoms with Crippen LogP contribution in [-0.2, 0) is 0 Å². The fraction of sp³-hybridized carbons (Fsp3) is 0.923. The van der Waals surface area contributed by atoms with Gasteiger partial charge >= 0.3 is 0 Å². The lowest BCUT2D eigenvalue weighted by atomic mass is 10.0. The molecule has 16 heavy (non-hydrogen) atoms. The maximum atomic E-state index is 5.83. The van der Waals surface area contributed by atoms with E-state index in [-0.39, 0.29) is 12.4 Å². The van der Waals surface area contributed by atoms with E-state index in [1.807, 2.05) is 0 Å². The van der Waals surface area contributed by atoms with Gasteiger partial charge in [0.05, 0.1) is 11.9 Å². The van der Waals surface area contributed by atoms with E-state index in [9.17, 15) is 0 Å². The highest BCUT2D eigenvalue weighted by atomic mass is 35.5. The van der Waals surface area contributed by atoms with Crippen molar-refractivity contribution in [3.8, 4) is 0 Å². The molecule has 0 saturated carbocycles. The molecule has 0 saturated heterocycles. The smallest absolute Gasteiger partial charge is 0.0940 e. The second-order valence-electron chi connectivity index (χ2n) is 5.20. The summed E-state index contributed by atoms with van der Waals surface area (Å²) in [6.07, 6.45) is 10.1. The van der Waals surface area contributed by atoms with Gasteiger partial charge in [0.25, 0.3) is 0 Å². The zero-order valence-electron chi connectivity index (χ0n) is 10.7. The summed E-state index contributed by atoms with van der Waals surface area (Å²) in [4.78, 5) is 4.59. The Labute approximate surface area is 107 Å². The molecule has 0 spiro atoms. The Morgan fingerprint density at radius 1 is 1.31 bits per heavy atom. The van der Waals surface area contributed by atoms with Crippen molar-refractivity contribution in [2.24, 2.45) is 16.6 Å². The Balaban J connectivity index is 0.00000225. The van der Waals surface area contributed by atoms with Gasteiger partial charge in [-0.05, 0) is 25.2 Å². The predicted molar refractivity (Wildman–Crippen MR) is 74.4 cm³/mol. The summed E-state index contributed by atoms with van der Waals surface area (Å²) in [6.45, 7) is 4.59. The molecule has 0 aromatic carbocycles. The first-order chi connectivity index (χ1) is 7.18. The van der Waals surface area contributed by atoms with Gasteiger partial charge in [-0.15, -0.1) is 12.4 Å². The normalized spacial score (nSPS) is 21.2. The Morgan fingerprint density at radius 3 is 2.75 bits per heavy atom. The molecule has 1 atom stereocenters. The summed E-state index contributed by atoms with van der Waals surface area (Å²) in [5, 5.41) is 0. The number of aliphatic imine (C=N–C) groups is 1. The number of nitrogens with two attached hydrogens (primary N) is 1. The molecule has 0 aliphatic carbocycles. The van der Waals surface area contributed by atoms with Crippen LogP contribution in [0.1, 0.15) is 65.2 Å². The molecule has 0 aromatic rings. The van der Waals surface area contributed by atoms with Crippen LogP contribution in [-0.4, -0.2) is 11.9 Å². The van der Waals surface area contributed by atoms with Crippen LogP contribution in [0.25, 0.3) is 0 Å². The summed E-state index contributed by atoms with van der Waals surface area (Å²) in [7, 11) is 0. The zero-order chi connectivity index (χ0) is 11.1. The van der Waals surface area contributed by atoms with Gasteiger partial charge in [-0.25, -0.2) is 0 Å². The van der Waals surface area contributed by atoms with Crippen LogP contribution >= 0.6 is 12.4 Å². The van der Waals surface area contributed by atoms with Crippen LogP contribution in [0.15, 0.2) is 4.99 Å². The van der Waals surface area contributed by atoms with Gasteiger partial charge < -0.3 is 5.73 Å². The molecule has 96 valence electrons. The van der Waals surface area contributed by atoms with Crippen LogP contribution in [0.4, 0.5) is 0 Å². The summed E-state index contributed by atoms with van der Waals surface area (Å²) >= 11 is 0. The van der Waals surface area contributed by atoms with E-state index in [0.717, 1.165) is 18.2 Å². The van der Waals surface area contributed by atoms with Crippen molar-refractivity contribution in [2.45, 2.75) is 71.3 Å². The lowest BCUT2D eigenvalue weighted by molar-refractivity contribution is 0.482. The third kappa shape index (κ3) is 7.10. The first-order valence-corrected chi connectivity index (χ1v) is 6.50. The maximum Gasteiger partial charge on any atom is 0.0940 e. The first kappa shape index (κ1) is 15.8. The van der Waals surface area contributed by atoms with E-state index >= 15 is 0 Å². The van der Waals surface area contributed by atoms with Crippen molar-refractivity contribution in [1.29, 1.82) is 0 Å². The van der Waals surface area contributed by atoms with E-state index in [4.69, 9.17) is 5.73 Å². The van der Waals surface area contributed by atoms with Crippen LogP contribution in [0, 0.1) is 5.92 Å². The van der Waals surface area contributed by atoms with Crippen molar-refractivity contribution >= 4 is 18.2 Å². The van der Waals surface area contributed by atoms with E-state index in [1.165, 1.54) is 44.9 Å². The fourth-order valence-electron chi connectivity index (χ4n) is 2.19. The molecule has 0 aromatic heterocycles. The van der Waals surface area contributed by atoms with E-state index in [0.29, 0.717) is 6.04 Å². The Morgan fingerprint density at radius 2 is 2.06 bits per heavy atom. The number of nitrogens with zero attached hydrogens (tertiary/aromatic N) is 1. The molecule has 0 unspecified atom stereocenters. The standard InChI is InChI=1S/C13H26N2.ClH/c1-11(2)7-3-4-8-12-9-5-6-10-13(14)15-12;/h11-12H,3-10H2,1-2H3,(H2,14,15);1H/t12-;/m0./s1. The number of unbranched alkanes of at least 4 members (excludes halogenated alkanes) is 1. The molecule has 0 radical (unpaired) electrons. The van der Waals surface area contributed by atoms with Crippen LogP contribution in [0.5, 0.6) is 0 Å². The fourth-order valence-corrected chi connectivity index (χ4v) is 2.19. The molecule has 2 N–H and O–H groups in total. The molecule has 1 heterocycles. The van der Waals surface area contributed by atoms with Gasteiger partial charge in [-0.3, -0.25) is 4.99 Å². The number of halogens is 1. The first-order valence-electron chi connectivity index (χ1n) is 6.50. The molecule has 0 bridgehead atoms. The molecule has 1 aliphatic rings. The average Bonchev–Trinajstić information content (AvgIpc) is 2.37. The van der Waals surface area contributed by atoms with Crippen LogP contribution in [0.3, 0.4) is 0 Å². The Kier molecular flexibility index (Phi) is 8.73. The Hall–Kier alpha value is -0.240. The van der Waals surface area contributed by atoms with Crippen molar-refractivity contribution in [3.05, 3.63) is 0 Å². The van der Waals surface area contributed by atoms with Gasteiger partial charge in [0.1, 0.15) is 0 Å². The third-order valence-electron chi connectivity index (χ3n) is 3.14. The minimum absolute atomic E-state index is 0. The van der Waals surface area contributed by atoms with Gasteiger partial charge in [-0.2, -0.15) is 0 Å². The largest absolute Gasteiger partial charge is 0.387 e. The molecule has 1 rings (SSSR count). The van der Waals surface area contributed by atoms with E-state index in [2.05, 4.69) is 18.8 Å². The second kappa shape index (κ2) is 8.86. The predicted octanol–water partition coefficient (Wildman–Crippen LogP) is 3.92. The SMILES string of the molecule is CC(C)CCCC[C@H]1CCCCC(N)=N1.Cl. The summed E-state index contributed by atoms with van der Waals surface area (Å²) in [6, 6.07) is 0.527. The second-order valence-corrected chi connectivity index (χ2v) is 5.20. The summed E-state index contributed by atoms with van der Waals surface area (Å²) < 4.78 is 0. The van der Waals surface area contributed by atoms with Gasteiger partial charge in [0, 0.05) is 6.42 Å². The number of rotatable bonds is 5. The van der Waals surface area contributed by atoms with E-state index < -0.39 is 0 Å². The van der Waals surface area contributed by atoms with Gasteiger partial charge in [0.15, 0.2) is 0 Å². The monoisotopic (exact) mass is 246 g/mol. The molecule has 0 amide bonds. The molecule has 0 fully saturated rings. The third-order valence-corrected chi connectivity index (χ3v) is 3.14. The molecule has 2 nitrogen and oxygen atoms in total. The van der Waals surface area contributed by atoms with E-state index in [1.54, 1.807) is 0 Å². The number of hydrogen-bond donors (Lipinski definition) is 1. The number of hydrogen-bond acceptors (Lipinski definition) is 2. The highest BCUT2D eigenvalue weighted by molar-refractivity contribution is 5.85. The lowest BCUT2D eigenvalue weighted by Gasteiger charge is -2.11. The molecule has 1 aliphatic heterocycles. The van der Waals surface area contributed by atoms with Crippen LogP contribution < -0.4 is 5.73 Å². The molecule has 3 heteroatoms. The lowest BCUT2D eigenvalue weighted by Crippen LogP contribution is -2.13. The zero-order valence-corrected chi connectivity index (χ0v) is 11.6. The van der Waals surface area contributed by atoms with Crippen molar-refractivity contribution < 1.29 is 0 Å². The summed E-state index contributed by atoms with van der Waals surface area (Å²) in [5.74, 6) is 1.73. The average molecular weight is 247 g/mol. The van der Waals surface area contributed by atoms with Gasteiger partial charge in [-0.1, -0.05) is 39.5 Å². The summed E-state index contributed by atoms with van der Waals surface area (Å²) in [5.41, 5.74) is 5.83. The van der Waals surface area contributed by atoms with Gasteiger partial charge in [0.2, 0.25) is 0 Å². The quantitative estimate of drug-likeness (QED) is 0.734. The van der Waals surface area contributed by atoms with Crippen molar-refractivity contribution in [3.63, 3.8) is 0 Å². The Bertz CT molecular complexity index is 202. The minimum atomic E-state index is 0. The molecular weight excluding hydrogens is 220 g/mol. The molecular formula is C13H27ClN2.